The van der Waals surface area contributed by atoms with Crippen LogP contribution in [0.5, 0.6) is 11.6 Å². The van der Waals surface area contributed by atoms with Crippen molar-refractivity contribution in [1.82, 2.24) is 15.5 Å². The highest BCUT2D eigenvalue weighted by molar-refractivity contribution is 5.91. The lowest BCUT2D eigenvalue weighted by atomic mass is 10.3. The van der Waals surface area contributed by atoms with E-state index in [-0.39, 0.29) is 28.9 Å². The van der Waals surface area contributed by atoms with Crippen LogP contribution in [0.2, 0.25) is 0 Å². The summed E-state index contributed by atoms with van der Waals surface area (Å²) in [6.45, 7) is 0. The molecule has 1 amide bonds. The summed E-state index contributed by atoms with van der Waals surface area (Å²) in [5.74, 6) is -0.374. The molecule has 1 aromatic heterocycles. The maximum Gasteiger partial charge on any atom is 0.271 e. The molecule has 98 valence electrons. The Hall–Kier alpha value is -2.70. The molecule has 0 saturated heterocycles. The van der Waals surface area contributed by atoms with Gasteiger partial charge in [0.25, 0.3) is 5.91 Å². The van der Waals surface area contributed by atoms with Gasteiger partial charge in [-0.05, 0) is 18.2 Å². The van der Waals surface area contributed by atoms with Crippen LogP contribution in [0.4, 0.5) is 10.1 Å². The Labute approximate surface area is 108 Å². The second-order valence-electron chi connectivity index (χ2n) is 3.62. The molecule has 0 aliphatic rings. The molecule has 3 N–H and O–H groups in total. The molecule has 0 radical (unpaired) electrons. The Bertz CT molecular complexity index is 601. The summed E-state index contributed by atoms with van der Waals surface area (Å²) in [6.07, 6.45) is 0. The predicted molar refractivity (Wildman–Crippen MR) is 66.3 cm³/mol. The number of amides is 1. The fourth-order valence-corrected chi connectivity index (χ4v) is 1.35. The molecule has 6 nitrogen and oxygen atoms in total. The van der Waals surface area contributed by atoms with Crippen LogP contribution in [0, 0.1) is 5.82 Å². The molecule has 0 aliphatic heterocycles. The highest BCUT2D eigenvalue weighted by Crippen LogP contribution is 2.26. The number of nitrogens with one attached hydrogen (secondary N) is 1. The van der Waals surface area contributed by atoms with E-state index in [1.807, 2.05) is 0 Å². The average molecular weight is 262 g/mol. The number of carbonyl (C=O) groups excluding carboxylic acids is 1. The summed E-state index contributed by atoms with van der Waals surface area (Å²) in [7, 11) is 1.49. The van der Waals surface area contributed by atoms with E-state index in [4.69, 9.17) is 10.5 Å². The van der Waals surface area contributed by atoms with Gasteiger partial charge in [0.15, 0.2) is 11.4 Å². The zero-order valence-corrected chi connectivity index (χ0v) is 10.1. The first kappa shape index (κ1) is 12.7. The van der Waals surface area contributed by atoms with Gasteiger partial charge in [0.1, 0.15) is 5.82 Å². The van der Waals surface area contributed by atoms with Crippen molar-refractivity contribution in [2.24, 2.45) is 0 Å². The molecular formula is C12H11FN4O2. The minimum Gasteiger partial charge on any atom is -0.435 e. The number of nitrogens with zero attached hydrogens (tertiary/aromatic N) is 2. The van der Waals surface area contributed by atoms with Crippen LogP contribution in [0.25, 0.3) is 0 Å². The Morgan fingerprint density at radius 3 is 2.68 bits per heavy atom. The minimum atomic E-state index is -0.453. The van der Waals surface area contributed by atoms with E-state index in [2.05, 4.69) is 15.5 Å². The maximum absolute atomic E-state index is 12.9. The first-order chi connectivity index (χ1) is 9.10. The van der Waals surface area contributed by atoms with E-state index >= 15 is 0 Å². The number of ether oxygens (including phenoxy) is 1. The molecule has 0 saturated carbocycles. The molecule has 1 aromatic carbocycles. The molecule has 7 heteroatoms. The van der Waals surface area contributed by atoms with E-state index in [0.717, 1.165) is 6.07 Å². The first-order valence-electron chi connectivity index (χ1n) is 5.39. The smallest absolute Gasteiger partial charge is 0.271 e. The second kappa shape index (κ2) is 5.30. The van der Waals surface area contributed by atoms with Crippen LogP contribution < -0.4 is 15.8 Å². The third-order valence-electron chi connectivity index (χ3n) is 2.29. The number of hydrogen-bond donors (Lipinski definition) is 2. The monoisotopic (exact) mass is 262 g/mol. The average Bonchev–Trinajstić information content (AvgIpc) is 2.42. The summed E-state index contributed by atoms with van der Waals surface area (Å²) in [6, 6.07) is 6.68. The number of carbonyl (C=O) groups is 1. The molecule has 2 aromatic rings. The van der Waals surface area contributed by atoms with Gasteiger partial charge in [-0.2, -0.15) is 0 Å². The topological polar surface area (TPSA) is 90.1 Å². The van der Waals surface area contributed by atoms with Crippen LogP contribution in [-0.2, 0) is 0 Å². The van der Waals surface area contributed by atoms with Crippen LogP contribution in [0.3, 0.4) is 0 Å². The van der Waals surface area contributed by atoms with Crippen LogP contribution in [-0.4, -0.2) is 23.2 Å². The third kappa shape index (κ3) is 2.95. The van der Waals surface area contributed by atoms with Gasteiger partial charge in [-0.1, -0.05) is 0 Å². The van der Waals surface area contributed by atoms with Crippen molar-refractivity contribution < 1.29 is 13.9 Å². The number of anilines is 1. The Kier molecular flexibility index (Phi) is 3.56. The SMILES string of the molecule is CNC(=O)c1ccc(Oc2ccc(F)cc2N)nn1. The first-order valence-corrected chi connectivity index (χ1v) is 5.39. The van der Waals surface area contributed by atoms with E-state index in [9.17, 15) is 9.18 Å². The fourth-order valence-electron chi connectivity index (χ4n) is 1.35. The maximum atomic E-state index is 12.9. The summed E-state index contributed by atoms with van der Waals surface area (Å²) in [5.41, 5.74) is 5.91. The van der Waals surface area contributed by atoms with Gasteiger partial charge >= 0.3 is 0 Å². The molecule has 0 fully saturated rings. The van der Waals surface area contributed by atoms with Gasteiger partial charge in [0.2, 0.25) is 5.88 Å². The Balaban J connectivity index is 2.17. The number of nitrogen functional groups attached to an aromatic ring is 1. The minimum absolute atomic E-state index is 0.150. The number of nitrogens with two attached hydrogens (primary N) is 1. The van der Waals surface area contributed by atoms with Crippen molar-refractivity contribution in [3.05, 3.63) is 41.8 Å². The zero-order valence-electron chi connectivity index (χ0n) is 10.1. The molecule has 0 atom stereocenters. The number of benzene rings is 1. The lowest BCUT2D eigenvalue weighted by Gasteiger charge is -2.07. The summed E-state index contributed by atoms with van der Waals surface area (Å²) in [5, 5.41) is 9.84. The normalized spacial score (nSPS) is 10.0. The summed E-state index contributed by atoms with van der Waals surface area (Å²) in [4.78, 5) is 11.3. The zero-order chi connectivity index (χ0) is 13.8. The van der Waals surface area contributed by atoms with E-state index in [1.165, 1.54) is 31.3 Å². The van der Waals surface area contributed by atoms with Crippen molar-refractivity contribution >= 4 is 11.6 Å². The van der Waals surface area contributed by atoms with Crippen molar-refractivity contribution in [3.63, 3.8) is 0 Å². The van der Waals surface area contributed by atoms with Gasteiger partial charge in [0, 0.05) is 19.2 Å². The van der Waals surface area contributed by atoms with Gasteiger partial charge in [-0.15, -0.1) is 10.2 Å². The van der Waals surface area contributed by atoms with Crippen molar-refractivity contribution in [2.45, 2.75) is 0 Å². The van der Waals surface area contributed by atoms with Gasteiger partial charge in [0.05, 0.1) is 5.69 Å². The highest BCUT2D eigenvalue weighted by atomic mass is 19.1. The van der Waals surface area contributed by atoms with Crippen molar-refractivity contribution in [3.8, 4) is 11.6 Å². The third-order valence-corrected chi connectivity index (χ3v) is 2.29. The predicted octanol–water partition coefficient (Wildman–Crippen LogP) is 1.35. The van der Waals surface area contributed by atoms with Gasteiger partial charge < -0.3 is 15.8 Å². The van der Waals surface area contributed by atoms with Crippen molar-refractivity contribution in [1.29, 1.82) is 0 Å². The van der Waals surface area contributed by atoms with E-state index in [1.54, 1.807) is 0 Å². The molecule has 1 heterocycles. The van der Waals surface area contributed by atoms with Crippen LogP contribution in [0.1, 0.15) is 10.5 Å². The number of hydrogen-bond acceptors (Lipinski definition) is 5. The number of rotatable bonds is 3. The fraction of sp³-hybridized carbons (Fsp3) is 0.0833. The summed E-state index contributed by atoms with van der Waals surface area (Å²) >= 11 is 0. The van der Waals surface area contributed by atoms with Gasteiger partial charge in [-0.25, -0.2) is 4.39 Å². The van der Waals surface area contributed by atoms with Crippen LogP contribution in [0.15, 0.2) is 30.3 Å². The molecule has 0 aliphatic carbocycles. The molecule has 0 spiro atoms. The van der Waals surface area contributed by atoms with Crippen molar-refractivity contribution in [2.75, 3.05) is 12.8 Å². The van der Waals surface area contributed by atoms with Gasteiger partial charge in [-0.3, -0.25) is 4.79 Å². The number of halogens is 1. The second-order valence-corrected chi connectivity index (χ2v) is 3.62. The van der Waals surface area contributed by atoms with E-state index < -0.39 is 5.82 Å². The molecular weight excluding hydrogens is 251 g/mol. The standard InChI is InChI=1S/C12H11FN4O2/c1-15-12(18)9-3-5-11(17-16-9)19-10-4-2-7(13)6-8(10)14/h2-6H,14H2,1H3,(H,15,18). The van der Waals surface area contributed by atoms with Crippen LogP contribution >= 0.6 is 0 Å². The Morgan fingerprint density at radius 1 is 1.32 bits per heavy atom. The molecule has 0 unspecified atom stereocenters. The molecule has 19 heavy (non-hydrogen) atoms. The number of aromatic nitrogens is 2. The lowest BCUT2D eigenvalue weighted by molar-refractivity contribution is 0.0957. The quantitative estimate of drug-likeness (QED) is 0.815. The lowest BCUT2D eigenvalue weighted by Crippen LogP contribution is -2.19. The summed E-state index contributed by atoms with van der Waals surface area (Å²) < 4.78 is 18.2. The largest absolute Gasteiger partial charge is 0.435 e. The van der Waals surface area contributed by atoms with E-state index in [0.29, 0.717) is 0 Å². The molecule has 2 rings (SSSR count). The highest BCUT2D eigenvalue weighted by Gasteiger charge is 2.08. The Morgan fingerprint density at radius 2 is 2.11 bits per heavy atom. The molecule has 0 bridgehead atoms.